The summed E-state index contributed by atoms with van der Waals surface area (Å²) in [6, 6.07) is 7.15. The fourth-order valence-electron chi connectivity index (χ4n) is 3.95. The number of rotatable bonds is 10. The van der Waals surface area contributed by atoms with Crippen molar-refractivity contribution in [2.24, 2.45) is 10.9 Å². The Bertz CT molecular complexity index is 681. The van der Waals surface area contributed by atoms with Gasteiger partial charge in [-0.15, -0.1) is 24.0 Å². The summed E-state index contributed by atoms with van der Waals surface area (Å²) in [7, 11) is 0. The van der Waals surface area contributed by atoms with Crippen molar-refractivity contribution in [2.45, 2.75) is 59.0 Å². The van der Waals surface area contributed by atoms with E-state index in [9.17, 15) is 0 Å². The summed E-state index contributed by atoms with van der Waals surface area (Å²) in [6.45, 7) is 13.7. The van der Waals surface area contributed by atoms with Crippen LogP contribution in [0.15, 0.2) is 23.2 Å². The third kappa shape index (κ3) is 7.18. The minimum absolute atomic E-state index is 0. The molecular formula is C23H39IN4O2. The Kier molecular flexibility index (Phi) is 10.5. The Morgan fingerprint density at radius 3 is 2.53 bits per heavy atom. The molecule has 2 unspecified atom stereocenters. The van der Waals surface area contributed by atoms with Gasteiger partial charge in [-0.1, -0.05) is 6.07 Å². The summed E-state index contributed by atoms with van der Waals surface area (Å²) in [5.41, 5.74) is 1.16. The molecule has 0 bridgehead atoms. The average Bonchev–Trinajstić information content (AvgIpc) is 3.46. The molecule has 1 aliphatic heterocycles. The van der Waals surface area contributed by atoms with Gasteiger partial charge in [0.05, 0.1) is 19.3 Å². The first-order valence-electron chi connectivity index (χ1n) is 11.3. The van der Waals surface area contributed by atoms with E-state index in [1.54, 1.807) is 0 Å². The number of halogens is 1. The topological polar surface area (TPSA) is 58.1 Å². The molecule has 1 saturated heterocycles. The van der Waals surface area contributed by atoms with Crippen LogP contribution in [0.1, 0.15) is 58.6 Å². The Labute approximate surface area is 199 Å². The van der Waals surface area contributed by atoms with E-state index >= 15 is 0 Å². The van der Waals surface area contributed by atoms with Crippen LogP contribution < -0.4 is 20.1 Å². The highest BCUT2D eigenvalue weighted by Crippen LogP contribution is 2.32. The van der Waals surface area contributed by atoms with Crippen molar-refractivity contribution >= 4 is 29.9 Å². The number of aliphatic imine (C=N–C) groups is 1. The monoisotopic (exact) mass is 530 g/mol. The molecule has 3 rings (SSSR count). The third-order valence-corrected chi connectivity index (χ3v) is 5.65. The van der Waals surface area contributed by atoms with Crippen LogP contribution in [0, 0.1) is 5.92 Å². The van der Waals surface area contributed by atoms with E-state index in [4.69, 9.17) is 14.5 Å². The zero-order valence-corrected chi connectivity index (χ0v) is 21.3. The van der Waals surface area contributed by atoms with Crippen molar-refractivity contribution in [3.63, 3.8) is 0 Å². The minimum atomic E-state index is 0. The molecule has 0 aromatic heterocycles. The molecule has 0 amide bonds. The number of likely N-dealkylation sites (tertiary alicyclic amines) is 1. The predicted octanol–water partition coefficient (Wildman–Crippen LogP) is 4.20. The lowest BCUT2D eigenvalue weighted by atomic mass is 10.1. The van der Waals surface area contributed by atoms with Gasteiger partial charge < -0.3 is 25.0 Å². The van der Waals surface area contributed by atoms with Gasteiger partial charge in [0.1, 0.15) is 0 Å². The Hall–Kier alpha value is -1.22. The molecule has 0 spiro atoms. The highest BCUT2D eigenvalue weighted by atomic mass is 127. The summed E-state index contributed by atoms with van der Waals surface area (Å²) < 4.78 is 11.5. The van der Waals surface area contributed by atoms with Crippen LogP contribution in [0.2, 0.25) is 0 Å². The first kappa shape index (κ1) is 25.0. The van der Waals surface area contributed by atoms with Crippen LogP contribution in [-0.4, -0.2) is 56.3 Å². The number of hydrogen-bond donors (Lipinski definition) is 2. The van der Waals surface area contributed by atoms with Gasteiger partial charge in [-0.2, -0.15) is 0 Å². The molecule has 1 aromatic rings. The van der Waals surface area contributed by atoms with Crippen LogP contribution in [0.3, 0.4) is 0 Å². The SMILES string of the molecule is CCNC(=NCC1CCN(C2CC2)C1)NC(C)c1ccc(OCC)c(OCC)c1.I. The van der Waals surface area contributed by atoms with E-state index in [-0.39, 0.29) is 30.0 Å². The van der Waals surface area contributed by atoms with Crippen molar-refractivity contribution in [3.05, 3.63) is 23.8 Å². The van der Waals surface area contributed by atoms with Crippen molar-refractivity contribution in [1.82, 2.24) is 15.5 Å². The molecule has 0 radical (unpaired) electrons. The van der Waals surface area contributed by atoms with E-state index in [1.807, 2.05) is 19.9 Å². The van der Waals surface area contributed by atoms with Crippen molar-refractivity contribution in [2.75, 3.05) is 39.4 Å². The van der Waals surface area contributed by atoms with Gasteiger partial charge in [-0.05, 0) is 77.1 Å². The number of guanidine groups is 1. The first-order valence-corrected chi connectivity index (χ1v) is 11.3. The lowest BCUT2D eigenvalue weighted by Crippen LogP contribution is -2.39. The first-order chi connectivity index (χ1) is 14.1. The van der Waals surface area contributed by atoms with Gasteiger partial charge in [0.25, 0.3) is 0 Å². The number of benzene rings is 1. The van der Waals surface area contributed by atoms with Gasteiger partial charge in [0.2, 0.25) is 0 Å². The second-order valence-electron chi connectivity index (χ2n) is 8.04. The molecule has 2 N–H and O–H groups in total. The molecule has 2 atom stereocenters. The molecule has 1 saturated carbocycles. The van der Waals surface area contributed by atoms with E-state index in [0.717, 1.165) is 42.2 Å². The van der Waals surface area contributed by atoms with Gasteiger partial charge in [0, 0.05) is 25.7 Å². The molecule has 6 nitrogen and oxygen atoms in total. The molecule has 170 valence electrons. The molecule has 1 aromatic carbocycles. The molecule has 2 fully saturated rings. The Morgan fingerprint density at radius 2 is 1.87 bits per heavy atom. The van der Waals surface area contributed by atoms with Gasteiger partial charge >= 0.3 is 0 Å². The van der Waals surface area contributed by atoms with Crippen LogP contribution in [0.25, 0.3) is 0 Å². The van der Waals surface area contributed by atoms with E-state index in [1.165, 1.54) is 32.4 Å². The summed E-state index contributed by atoms with van der Waals surface area (Å²) in [5, 5.41) is 6.95. The standard InChI is InChI=1S/C23H38N4O2.HI/c1-5-24-23(25-15-18-12-13-27(16-18)20-9-10-20)26-17(4)19-8-11-21(28-6-2)22(14-19)29-7-3;/h8,11,14,17-18,20H,5-7,9-10,12-13,15-16H2,1-4H3,(H2,24,25,26);1H. The number of ether oxygens (including phenoxy) is 2. The third-order valence-electron chi connectivity index (χ3n) is 5.65. The maximum atomic E-state index is 5.78. The van der Waals surface area contributed by atoms with Gasteiger partial charge in [-0.3, -0.25) is 4.99 Å². The van der Waals surface area contributed by atoms with Crippen LogP contribution in [0.4, 0.5) is 0 Å². The van der Waals surface area contributed by atoms with Crippen molar-refractivity contribution in [1.29, 1.82) is 0 Å². The number of nitrogens with one attached hydrogen (secondary N) is 2. The lowest BCUT2D eigenvalue weighted by Gasteiger charge is -2.20. The quantitative estimate of drug-likeness (QED) is 0.270. The molecule has 2 aliphatic rings. The fraction of sp³-hybridized carbons (Fsp3) is 0.696. The number of nitrogens with zero attached hydrogens (tertiary/aromatic N) is 2. The average molecular weight is 530 g/mol. The minimum Gasteiger partial charge on any atom is -0.490 e. The van der Waals surface area contributed by atoms with Gasteiger partial charge in [-0.25, -0.2) is 0 Å². The predicted molar refractivity (Wildman–Crippen MR) is 134 cm³/mol. The second kappa shape index (κ2) is 12.6. The van der Waals surface area contributed by atoms with E-state index < -0.39 is 0 Å². The van der Waals surface area contributed by atoms with Gasteiger partial charge in [0.15, 0.2) is 17.5 Å². The highest BCUT2D eigenvalue weighted by molar-refractivity contribution is 14.0. The lowest BCUT2D eigenvalue weighted by molar-refractivity contribution is 0.287. The Balaban J connectivity index is 0.00000320. The smallest absolute Gasteiger partial charge is 0.191 e. The van der Waals surface area contributed by atoms with Crippen LogP contribution in [-0.2, 0) is 0 Å². The Morgan fingerprint density at radius 1 is 1.13 bits per heavy atom. The molecule has 30 heavy (non-hydrogen) atoms. The van der Waals surface area contributed by atoms with E-state index in [2.05, 4.69) is 41.5 Å². The van der Waals surface area contributed by atoms with Crippen LogP contribution >= 0.6 is 24.0 Å². The zero-order valence-electron chi connectivity index (χ0n) is 18.9. The largest absolute Gasteiger partial charge is 0.490 e. The summed E-state index contributed by atoms with van der Waals surface area (Å²) in [4.78, 5) is 7.54. The number of hydrogen-bond acceptors (Lipinski definition) is 4. The summed E-state index contributed by atoms with van der Waals surface area (Å²) in [5.74, 6) is 3.16. The molecular weight excluding hydrogens is 491 g/mol. The second-order valence-corrected chi connectivity index (χ2v) is 8.04. The fourth-order valence-corrected chi connectivity index (χ4v) is 3.95. The highest BCUT2D eigenvalue weighted by Gasteiger charge is 2.34. The normalized spacial score (nSPS) is 20.4. The van der Waals surface area contributed by atoms with E-state index in [0.29, 0.717) is 19.1 Å². The maximum Gasteiger partial charge on any atom is 0.191 e. The molecule has 7 heteroatoms. The summed E-state index contributed by atoms with van der Waals surface area (Å²) >= 11 is 0. The molecule has 1 aliphatic carbocycles. The maximum absolute atomic E-state index is 5.78. The summed E-state index contributed by atoms with van der Waals surface area (Å²) in [6.07, 6.45) is 4.05. The molecule has 1 heterocycles. The van der Waals surface area contributed by atoms with Crippen LogP contribution in [0.5, 0.6) is 11.5 Å². The zero-order chi connectivity index (χ0) is 20.6. The van der Waals surface area contributed by atoms with Crippen molar-refractivity contribution < 1.29 is 9.47 Å². The van der Waals surface area contributed by atoms with Crippen molar-refractivity contribution in [3.8, 4) is 11.5 Å².